The van der Waals surface area contributed by atoms with E-state index in [2.05, 4.69) is 11.8 Å². The molecule has 3 nitrogen and oxygen atoms in total. The predicted molar refractivity (Wildman–Crippen MR) is 90.7 cm³/mol. The van der Waals surface area contributed by atoms with Gasteiger partial charge in [0.25, 0.3) is 0 Å². The summed E-state index contributed by atoms with van der Waals surface area (Å²) in [7, 11) is 0. The van der Waals surface area contributed by atoms with Crippen molar-refractivity contribution in [1.29, 1.82) is 0 Å². The number of aldehydes is 1. The lowest BCUT2D eigenvalue weighted by atomic mass is 10.1. The van der Waals surface area contributed by atoms with E-state index in [0.29, 0.717) is 6.61 Å². The molecule has 0 amide bonds. The second-order valence-electron chi connectivity index (χ2n) is 6.06. The van der Waals surface area contributed by atoms with Crippen molar-refractivity contribution >= 4 is 6.29 Å². The quantitative estimate of drug-likeness (QED) is 0.323. The number of hydrogen-bond donors (Lipinski definition) is 1. The van der Waals surface area contributed by atoms with Gasteiger partial charge in [0.15, 0.2) is 0 Å². The van der Waals surface area contributed by atoms with Gasteiger partial charge in [-0.25, -0.2) is 0 Å². The molecular weight excluding hydrogens is 262 g/mol. The van der Waals surface area contributed by atoms with Gasteiger partial charge in [-0.3, -0.25) is 0 Å². The Morgan fingerprint density at radius 2 is 1.29 bits per heavy atom. The number of carbonyl (C=O) groups excluding carboxylic acids is 1. The summed E-state index contributed by atoms with van der Waals surface area (Å²) in [5, 5.41) is 8.90. The largest absolute Gasteiger partial charge is 0.396 e. The molecule has 0 aliphatic rings. The number of aliphatic hydroxyl groups excluding tert-OH is 1. The van der Waals surface area contributed by atoms with Crippen LogP contribution < -0.4 is 0 Å². The molecular formula is C18H37NO2. The second kappa shape index (κ2) is 17.6. The van der Waals surface area contributed by atoms with Crippen LogP contribution in [0.25, 0.3) is 0 Å². The fourth-order valence-corrected chi connectivity index (χ4v) is 2.64. The smallest absolute Gasteiger partial charge is 0.119 e. The van der Waals surface area contributed by atoms with Gasteiger partial charge in [0, 0.05) is 13.0 Å². The van der Waals surface area contributed by atoms with Gasteiger partial charge in [0.05, 0.1) is 0 Å². The van der Waals surface area contributed by atoms with Crippen molar-refractivity contribution in [2.45, 2.75) is 84.0 Å². The first kappa shape index (κ1) is 20.6. The molecule has 0 saturated carbocycles. The molecule has 126 valence electrons. The Hall–Kier alpha value is -0.410. The Morgan fingerprint density at radius 1 is 0.762 bits per heavy atom. The monoisotopic (exact) mass is 299 g/mol. The predicted octanol–water partition coefficient (Wildman–Crippen LogP) is 4.18. The van der Waals surface area contributed by atoms with Crippen LogP contribution in [0.2, 0.25) is 0 Å². The highest BCUT2D eigenvalue weighted by Crippen LogP contribution is 2.08. The SMILES string of the molecule is CCCCCCN(CCCCO)CCCCCCCC=O. The van der Waals surface area contributed by atoms with E-state index in [1.807, 2.05) is 0 Å². The van der Waals surface area contributed by atoms with Crippen LogP contribution in [0, 0.1) is 0 Å². The lowest BCUT2D eigenvalue weighted by molar-refractivity contribution is -0.107. The Morgan fingerprint density at radius 3 is 1.86 bits per heavy atom. The fraction of sp³-hybridized carbons (Fsp3) is 0.944. The molecule has 1 N–H and O–H groups in total. The molecule has 0 radical (unpaired) electrons. The third-order valence-electron chi connectivity index (χ3n) is 4.01. The van der Waals surface area contributed by atoms with Crippen molar-refractivity contribution in [3.8, 4) is 0 Å². The lowest BCUT2D eigenvalue weighted by Gasteiger charge is -2.22. The van der Waals surface area contributed by atoms with Crippen LogP contribution in [-0.4, -0.2) is 42.5 Å². The Labute approximate surface area is 132 Å². The lowest BCUT2D eigenvalue weighted by Crippen LogP contribution is -2.27. The summed E-state index contributed by atoms with van der Waals surface area (Å²) in [6.45, 7) is 6.13. The number of nitrogens with zero attached hydrogens (tertiary/aromatic N) is 1. The summed E-state index contributed by atoms with van der Waals surface area (Å²) in [5.74, 6) is 0. The maximum Gasteiger partial charge on any atom is 0.119 e. The Kier molecular flexibility index (Phi) is 17.3. The van der Waals surface area contributed by atoms with Crippen LogP contribution in [0.3, 0.4) is 0 Å². The molecule has 0 unspecified atom stereocenters. The molecule has 0 aliphatic heterocycles. The van der Waals surface area contributed by atoms with Crippen molar-refractivity contribution in [2.24, 2.45) is 0 Å². The highest BCUT2D eigenvalue weighted by atomic mass is 16.2. The third-order valence-corrected chi connectivity index (χ3v) is 4.01. The maximum absolute atomic E-state index is 10.2. The van der Waals surface area contributed by atoms with Gasteiger partial charge < -0.3 is 14.8 Å². The standard InChI is InChI=1S/C18H37NO2/c1-2-3-4-9-14-19(16-11-13-18-21)15-10-7-5-6-8-12-17-20/h17,21H,2-16,18H2,1H3. The van der Waals surface area contributed by atoms with E-state index in [0.717, 1.165) is 38.5 Å². The average molecular weight is 299 g/mol. The summed E-state index contributed by atoms with van der Waals surface area (Å²) < 4.78 is 0. The molecule has 0 saturated heterocycles. The van der Waals surface area contributed by atoms with Gasteiger partial charge >= 0.3 is 0 Å². The van der Waals surface area contributed by atoms with Crippen molar-refractivity contribution in [3.63, 3.8) is 0 Å². The summed E-state index contributed by atoms with van der Waals surface area (Å²) in [6, 6.07) is 0. The van der Waals surface area contributed by atoms with Gasteiger partial charge in [-0.15, -0.1) is 0 Å². The molecule has 0 aliphatic carbocycles. The van der Waals surface area contributed by atoms with Crippen LogP contribution in [0.15, 0.2) is 0 Å². The normalized spacial score (nSPS) is 11.2. The molecule has 0 aromatic carbocycles. The summed E-state index contributed by atoms with van der Waals surface area (Å²) in [6.07, 6.45) is 15.2. The van der Waals surface area contributed by atoms with Crippen LogP contribution in [0.1, 0.15) is 84.0 Å². The van der Waals surface area contributed by atoms with Crippen LogP contribution in [0.5, 0.6) is 0 Å². The van der Waals surface area contributed by atoms with E-state index in [1.165, 1.54) is 64.5 Å². The molecule has 0 atom stereocenters. The van der Waals surface area contributed by atoms with E-state index >= 15 is 0 Å². The number of hydrogen-bond acceptors (Lipinski definition) is 3. The topological polar surface area (TPSA) is 40.5 Å². The van der Waals surface area contributed by atoms with E-state index in [4.69, 9.17) is 5.11 Å². The molecule has 21 heavy (non-hydrogen) atoms. The van der Waals surface area contributed by atoms with Gasteiger partial charge in [-0.1, -0.05) is 45.4 Å². The molecule has 3 heteroatoms. The third kappa shape index (κ3) is 15.8. The summed E-state index contributed by atoms with van der Waals surface area (Å²) >= 11 is 0. The number of rotatable bonds is 17. The minimum absolute atomic E-state index is 0.320. The molecule has 0 bridgehead atoms. The summed E-state index contributed by atoms with van der Waals surface area (Å²) in [5.41, 5.74) is 0. The summed E-state index contributed by atoms with van der Waals surface area (Å²) in [4.78, 5) is 12.8. The Bertz CT molecular complexity index is 209. The van der Waals surface area contributed by atoms with Crippen molar-refractivity contribution in [1.82, 2.24) is 4.90 Å². The highest BCUT2D eigenvalue weighted by molar-refractivity contribution is 5.48. The van der Waals surface area contributed by atoms with E-state index in [9.17, 15) is 4.79 Å². The van der Waals surface area contributed by atoms with Gasteiger partial charge in [-0.2, -0.15) is 0 Å². The first-order valence-corrected chi connectivity index (χ1v) is 9.12. The van der Waals surface area contributed by atoms with E-state index in [-0.39, 0.29) is 0 Å². The zero-order chi connectivity index (χ0) is 15.6. The Balaban J connectivity index is 3.63. The zero-order valence-corrected chi connectivity index (χ0v) is 14.2. The van der Waals surface area contributed by atoms with Crippen LogP contribution in [-0.2, 0) is 4.79 Å². The highest BCUT2D eigenvalue weighted by Gasteiger charge is 2.04. The van der Waals surface area contributed by atoms with Crippen molar-refractivity contribution < 1.29 is 9.90 Å². The maximum atomic E-state index is 10.2. The average Bonchev–Trinajstić information content (AvgIpc) is 2.50. The molecule has 0 rings (SSSR count). The first-order valence-electron chi connectivity index (χ1n) is 9.12. The van der Waals surface area contributed by atoms with Crippen molar-refractivity contribution in [2.75, 3.05) is 26.2 Å². The zero-order valence-electron chi connectivity index (χ0n) is 14.2. The van der Waals surface area contributed by atoms with E-state index in [1.54, 1.807) is 0 Å². The number of aliphatic hydroxyl groups is 1. The van der Waals surface area contributed by atoms with Crippen LogP contribution >= 0.6 is 0 Å². The first-order chi connectivity index (χ1) is 10.3. The fourth-order valence-electron chi connectivity index (χ4n) is 2.64. The minimum Gasteiger partial charge on any atom is -0.396 e. The molecule has 0 aromatic rings. The second-order valence-corrected chi connectivity index (χ2v) is 6.06. The molecule has 0 fully saturated rings. The number of unbranched alkanes of at least 4 members (excludes halogenated alkanes) is 9. The minimum atomic E-state index is 0.320. The van der Waals surface area contributed by atoms with Gasteiger partial charge in [0.2, 0.25) is 0 Å². The van der Waals surface area contributed by atoms with Gasteiger partial charge in [-0.05, 0) is 51.7 Å². The number of carbonyl (C=O) groups is 1. The van der Waals surface area contributed by atoms with Gasteiger partial charge in [0.1, 0.15) is 6.29 Å². The molecule has 0 spiro atoms. The van der Waals surface area contributed by atoms with E-state index < -0.39 is 0 Å². The molecule has 0 aromatic heterocycles. The van der Waals surface area contributed by atoms with Crippen LogP contribution in [0.4, 0.5) is 0 Å². The molecule has 0 heterocycles. The van der Waals surface area contributed by atoms with Crippen molar-refractivity contribution in [3.05, 3.63) is 0 Å².